The summed E-state index contributed by atoms with van der Waals surface area (Å²) in [6.07, 6.45) is 8.46. The molecule has 0 unspecified atom stereocenters. The molecule has 1 saturated carbocycles. The number of aryl methyl sites for hydroxylation is 1. The fourth-order valence-corrected chi connectivity index (χ4v) is 5.64. The first-order valence-electron chi connectivity index (χ1n) is 12.0. The highest BCUT2D eigenvalue weighted by molar-refractivity contribution is 5.31. The zero-order valence-corrected chi connectivity index (χ0v) is 20.1. The fourth-order valence-electron chi connectivity index (χ4n) is 5.64. The summed E-state index contributed by atoms with van der Waals surface area (Å²) in [4.78, 5) is 8.28. The van der Waals surface area contributed by atoms with Crippen molar-refractivity contribution < 1.29 is 22.6 Å². The SMILES string of the molecule is CC[C@@H]1[C@@H](Cn2cncn2)[C@H](COc2ccc(OC(F)(F)F)cc2)CC[C@@]1(C)CCn1ccnc1. The molecule has 1 aliphatic rings. The lowest BCUT2D eigenvalue weighted by molar-refractivity contribution is -0.274. The third kappa shape index (κ3) is 6.55. The Morgan fingerprint density at radius 1 is 1.11 bits per heavy atom. The van der Waals surface area contributed by atoms with Gasteiger partial charge in [-0.1, -0.05) is 20.3 Å². The molecule has 1 fully saturated rings. The maximum Gasteiger partial charge on any atom is 0.573 e. The van der Waals surface area contributed by atoms with Gasteiger partial charge in [0.1, 0.15) is 24.2 Å². The third-order valence-corrected chi connectivity index (χ3v) is 7.43. The maximum atomic E-state index is 12.4. The van der Waals surface area contributed by atoms with Crippen LogP contribution in [0.2, 0.25) is 0 Å². The third-order valence-electron chi connectivity index (χ3n) is 7.43. The summed E-state index contributed by atoms with van der Waals surface area (Å²) < 4.78 is 51.3. The van der Waals surface area contributed by atoms with Crippen molar-refractivity contribution in [2.75, 3.05) is 6.61 Å². The second-order valence-corrected chi connectivity index (χ2v) is 9.63. The Balaban J connectivity index is 1.45. The van der Waals surface area contributed by atoms with Gasteiger partial charge in [-0.2, -0.15) is 5.10 Å². The molecule has 2 aromatic heterocycles. The Hall–Kier alpha value is -3.04. The number of alkyl halides is 3. The van der Waals surface area contributed by atoms with Gasteiger partial charge in [-0.3, -0.25) is 4.68 Å². The summed E-state index contributed by atoms with van der Waals surface area (Å²) in [5.74, 6) is 1.35. The number of nitrogens with zero attached hydrogens (tertiary/aromatic N) is 5. The van der Waals surface area contributed by atoms with Crippen molar-refractivity contribution in [3.05, 3.63) is 55.6 Å². The summed E-state index contributed by atoms with van der Waals surface area (Å²) in [6.45, 7) is 6.81. The molecule has 4 rings (SSSR count). The van der Waals surface area contributed by atoms with Crippen molar-refractivity contribution in [1.82, 2.24) is 24.3 Å². The molecule has 7 nitrogen and oxygen atoms in total. The molecule has 2 heterocycles. The Bertz CT molecular complexity index is 1020. The van der Waals surface area contributed by atoms with Gasteiger partial charge in [0.15, 0.2) is 0 Å². The van der Waals surface area contributed by atoms with Crippen LogP contribution in [0.4, 0.5) is 13.2 Å². The molecule has 0 bridgehead atoms. The molecular formula is C25H32F3N5O2. The molecule has 1 aliphatic carbocycles. The fraction of sp³-hybridized carbons (Fsp3) is 0.560. The van der Waals surface area contributed by atoms with Gasteiger partial charge in [0.05, 0.1) is 12.9 Å². The summed E-state index contributed by atoms with van der Waals surface area (Å²) in [7, 11) is 0. The van der Waals surface area contributed by atoms with Gasteiger partial charge in [-0.05, 0) is 66.7 Å². The van der Waals surface area contributed by atoms with E-state index in [1.807, 2.05) is 23.4 Å². The average molecular weight is 492 g/mol. The van der Waals surface area contributed by atoms with E-state index in [1.54, 1.807) is 12.7 Å². The number of halogens is 3. The van der Waals surface area contributed by atoms with Crippen molar-refractivity contribution >= 4 is 0 Å². The van der Waals surface area contributed by atoms with E-state index in [0.29, 0.717) is 24.2 Å². The lowest BCUT2D eigenvalue weighted by atomic mass is 9.57. The molecular weight excluding hydrogens is 459 g/mol. The molecule has 190 valence electrons. The van der Waals surface area contributed by atoms with E-state index in [9.17, 15) is 13.2 Å². The van der Waals surface area contributed by atoms with Crippen LogP contribution in [0.25, 0.3) is 0 Å². The predicted octanol–water partition coefficient (Wildman–Crippen LogP) is 5.60. The minimum absolute atomic E-state index is 0.164. The van der Waals surface area contributed by atoms with Crippen LogP contribution in [0.5, 0.6) is 11.5 Å². The summed E-state index contributed by atoms with van der Waals surface area (Å²) in [6, 6.07) is 5.59. The van der Waals surface area contributed by atoms with Gasteiger partial charge in [0.2, 0.25) is 0 Å². The standard InChI is InChI=1S/C25H32F3N5O2/c1-3-23-22(14-33-18-30-16-31-33)19(8-9-24(23,2)10-12-32-13-11-29-17-32)15-34-20-4-6-21(7-5-20)35-25(26,27)28/h4-7,11,13,16-19,22-23H,3,8-10,12,14-15H2,1-2H3/t19-,22-,23+,24-/m0/s1. The van der Waals surface area contributed by atoms with Crippen LogP contribution in [0.1, 0.15) is 39.5 Å². The number of hydrogen-bond donors (Lipinski definition) is 0. The molecule has 0 saturated heterocycles. The molecule has 0 radical (unpaired) electrons. The Labute approximate surface area is 203 Å². The van der Waals surface area contributed by atoms with Crippen molar-refractivity contribution in [1.29, 1.82) is 0 Å². The second kappa shape index (κ2) is 10.7. The first-order valence-corrected chi connectivity index (χ1v) is 12.0. The van der Waals surface area contributed by atoms with E-state index in [2.05, 4.69) is 38.2 Å². The molecule has 10 heteroatoms. The van der Waals surface area contributed by atoms with Crippen LogP contribution in [0.3, 0.4) is 0 Å². The highest BCUT2D eigenvalue weighted by Gasteiger charge is 2.45. The van der Waals surface area contributed by atoms with Crippen molar-refractivity contribution in [3.63, 3.8) is 0 Å². The smallest absolute Gasteiger partial charge is 0.493 e. The van der Waals surface area contributed by atoms with Crippen LogP contribution >= 0.6 is 0 Å². The first-order chi connectivity index (χ1) is 16.8. The van der Waals surface area contributed by atoms with E-state index >= 15 is 0 Å². The Kier molecular flexibility index (Phi) is 7.66. The predicted molar refractivity (Wildman–Crippen MR) is 124 cm³/mol. The van der Waals surface area contributed by atoms with Crippen LogP contribution in [-0.2, 0) is 13.1 Å². The number of hydrogen-bond acceptors (Lipinski definition) is 5. The van der Waals surface area contributed by atoms with E-state index < -0.39 is 6.36 Å². The normalized spacial score (nSPS) is 24.9. The molecule has 1 aromatic carbocycles. The van der Waals surface area contributed by atoms with Gasteiger partial charge in [0.25, 0.3) is 0 Å². The van der Waals surface area contributed by atoms with Crippen LogP contribution in [0, 0.1) is 23.2 Å². The minimum Gasteiger partial charge on any atom is -0.493 e. The monoisotopic (exact) mass is 491 g/mol. The number of aromatic nitrogens is 5. The second-order valence-electron chi connectivity index (χ2n) is 9.63. The van der Waals surface area contributed by atoms with E-state index in [0.717, 1.165) is 38.8 Å². The molecule has 0 N–H and O–H groups in total. The van der Waals surface area contributed by atoms with Crippen LogP contribution in [0.15, 0.2) is 55.6 Å². The molecule has 0 amide bonds. The minimum atomic E-state index is -4.71. The maximum absolute atomic E-state index is 12.4. The van der Waals surface area contributed by atoms with Crippen LogP contribution in [-0.4, -0.2) is 37.3 Å². The van der Waals surface area contributed by atoms with Crippen molar-refractivity contribution in [3.8, 4) is 11.5 Å². The zero-order valence-electron chi connectivity index (χ0n) is 20.1. The summed E-state index contributed by atoms with van der Waals surface area (Å²) in [5.41, 5.74) is 0.164. The van der Waals surface area contributed by atoms with Crippen LogP contribution < -0.4 is 9.47 Å². The topological polar surface area (TPSA) is 67.0 Å². The Morgan fingerprint density at radius 2 is 1.89 bits per heavy atom. The average Bonchev–Trinajstić information content (AvgIpc) is 3.52. The molecule has 35 heavy (non-hydrogen) atoms. The number of imidazole rings is 1. The van der Waals surface area contributed by atoms with Gasteiger partial charge in [-0.25, -0.2) is 9.97 Å². The van der Waals surface area contributed by atoms with E-state index in [-0.39, 0.29) is 17.1 Å². The summed E-state index contributed by atoms with van der Waals surface area (Å²) >= 11 is 0. The van der Waals surface area contributed by atoms with Gasteiger partial charge in [-0.15, -0.1) is 13.2 Å². The summed E-state index contributed by atoms with van der Waals surface area (Å²) in [5, 5.41) is 4.35. The van der Waals surface area contributed by atoms with Gasteiger partial charge >= 0.3 is 6.36 Å². The number of benzene rings is 1. The first kappa shape index (κ1) is 25.1. The highest BCUT2D eigenvalue weighted by atomic mass is 19.4. The zero-order chi connectivity index (χ0) is 24.9. The van der Waals surface area contributed by atoms with E-state index in [4.69, 9.17) is 4.74 Å². The van der Waals surface area contributed by atoms with E-state index in [1.165, 1.54) is 24.3 Å². The molecule has 3 aromatic rings. The lowest BCUT2D eigenvalue weighted by Gasteiger charge is -2.50. The largest absolute Gasteiger partial charge is 0.573 e. The van der Waals surface area contributed by atoms with Gasteiger partial charge < -0.3 is 14.0 Å². The van der Waals surface area contributed by atoms with Gasteiger partial charge in [0, 0.05) is 25.5 Å². The molecule has 0 spiro atoms. The lowest BCUT2D eigenvalue weighted by Crippen LogP contribution is -2.45. The number of ether oxygens (including phenoxy) is 2. The van der Waals surface area contributed by atoms with Crippen molar-refractivity contribution in [2.24, 2.45) is 23.2 Å². The molecule has 0 aliphatic heterocycles. The molecule has 4 atom stereocenters. The highest BCUT2D eigenvalue weighted by Crippen LogP contribution is 2.51. The number of rotatable bonds is 10. The van der Waals surface area contributed by atoms with Crippen molar-refractivity contribution in [2.45, 2.75) is 59.0 Å². The quantitative estimate of drug-likeness (QED) is 0.369. The Morgan fingerprint density at radius 3 is 2.51 bits per heavy atom.